The Kier molecular flexibility index (Phi) is 4.03. The van der Waals surface area contributed by atoms with Crippen LogP contribution < -0.4 is 0 Å². The molecule has 0 nitrogen and oxygen atoms in total. The van der Waals surface area contributed by atoms with Gasteiger partial charge in [-0.2, -0.15) is 0 Å². The molecular weight excluding hydrogens is 322 g/mol. The lowest BCUT2D eigenvalue weighted by atomic mass is 10.0. The molecule has 0 aromatic heterocycles. The smallest absolute Gasteiger partial charge is 0.130 e. The zero-order chi connectivity index (χ0) is 13.3. The second-order valence-corrected chi connectivity index (χ2v) is 5.39. The van der Waals surface area contributed by atoms with Gasteiger partial charge in [0.05, 0.1) is 4.83 Å². The highest BCUT2D eigenvalue weighted by molar-refractivity contribution is 9.09. The molecule has 2 rings (SSSR count). The van der Waals surface area contributed by atoms with Crippen LogP contribution in [0, 0.1) is 18.6 Å². The van der Waals surface area contributed by atoms with Crippen LogP contribution in [0.3, 0.4) is 0 Å². The van der Waals surface area contributed by atoms with Crippen molar-refractivity contribution >= 4 is 27.5 Å². The fraction of sp³-hybridized carbons (Fsp3) is 0.143. The molecule has 0 saturated carbocycles. The molecule has 0 heterocycles. The lowest BCUT2D eigenvalue weighted by molar-refractivity contribution is 0.569. The van der Waals surface area contributed by atoms with E-state index in [0.717, 1.165) is 11.6 Å². The number of rotatable bonds is 2. The van der Waals surface area contributed by atoms with Crippen molar-refractivity contribution in [3.8, 4) is 0 Å². The molecule has 0 N–H and O–H groups in total. The average Bonchev–Trinajstić information content (AvgIpc) is 2.34. The number of halogens is 4. The summed E-state index contributed by atoms with van der Waals surface area (Å²) in [6.07, 6.45) is 0. The maximum Gasteiger partial charge on any atom is 0.130 e. The van der Waals surface area contributed by atoms with Gasteiger partial charge in [0.2, 0.25) is 0 Å². The Bertz CT molecular complexity index is 567. The Morgan fingerprint density at radius 2 is 1.67 bits per heavy atom. The summed E-state index contributed by atoms with van der Waals surface area (Å²) in [5, 5.41) is 0.620. The van der Waals surface area contributed by atoms with Gasteiger partial charge in [0.1, 0.15) is 11.6 Å². The van der Waals surface area contributed by atoms with E-state index in [4.69, 9.17) is 11.6 Å². The molecule has 4 heteroatoms. The van der Waals surface area contributed by atoms with Gasteiger partial charge in [-0.05, 0) is 36.2 Å². The third-order valence-corrected chi connectivity index (χ3v) is 3.99. The maximum absolute atomic E-state index is 13.7. The van der Waals surface area contributed by atoms with E-state index in [9.17, 15) is 8.78 Å². The molecule has 0 bridgehead atoms. The summed E-state index contributed by atoms with van der Waals surface area (Å²) in [6.45, 7) is 1.61. The monoisotopic (exact) mass is 330 g/mol. The number of hydrogen-bond acceptors (Lipinski definition) is 0. The largest absolute Gasteiger partial charge is 0.207 e. The van der Waals surface area contributed by atoms with Gasteiger partial charge in [-0.15, -0.1) is 0 Å². The summed E-state index contributed by atoms with van der Waals surface area (Å²) in [7, 11) is 0. The number of hydrogen-bond donors (Lipinski definition) is 0. The molecule has 94 valence electrons. The van der Waals surface area contributed by atoms with Crippen LogP contribution in [0.25, 0.3) is 0 Å². The molecule has 0 fully saturated rings. The van der Waals surface area contributed by atoms with Gasteiger partial charge in [0, 0.05) is 16.7 Å². The third kappa shape index (κ3) is 2.73. The van der Waals surface area contributed by atoms with Crippen LogP contribution in [-0.4, -0.2) is 0 Å². The third-order valence-electron chi connectivity index (χ3n) is 2.71. The van der Waals surface area contributed by atoms with Crippen LogP contribution in [0.2, 0.25) is 5.02 Å². The molecule has 0 aliphatic carbocycles. The SMILES string of the molecule is Cc1cc(C(Br)c2ccc(Cl)cc2)c(F)cc1F. The van der Waals surface area contributed by atoms with Crippen LogP contribution in [0.15, 0.2) is 36.4 Å². The molecule has 0 aliphatic rings. The average molecular weight is 332 g/mol. The van der Waals surface area contributed by atoms with Gasteiger partial charge in [0.25, 0.3) is 0 Å². The fourth-order valence-corrected chi connectivity index (χ4v) is 2.47. The summed E-state index contributed by atoms with van der Waals surface area (Å²) >= 11 is 9.22. The highest BCUT2D eigenvalue weighted by Gasteiger charge is 2.16. The van der Waals surface area contributed by atoms with Crippen molar-refractivity contribution in [3.63, 3.8) is 0 Å². The summed E-state index contributed by atoms with van der Waals surface area (Å²) < 4.78 is 27.0. The second kappa shape index (κ2) is 5.37. The highest BCUT2D eigenvalue weighted by atomic mass is 79.9. The van der Waals surface area contributed by atoms with Crippen molar-refractivity contribution in [1.29, 1.82) is 0 Å². The minimum Gasteiger partial charge on any atom is -0.207 e. The number of benzene rings is 2. The molecule has 2 aromatic rings. The molecule has 18 heavy (non-hydrogen) atoms. The zero-order valence-electron chi connectivity index (χ0n) is 9.55. The lowest BCUT2D eigenvalue weighted by Crippen LogP contribution is -1.99. The van der Waals surface area contributed by atoms with Gasteiger partial charge < -0.3 is 0 Å². The molecule has 0 aliphatic heterocycles. The molecule has 0 saturated heterocycles. The maximum atomic E-state index is 13.7. The molecule has 2 aromatic carbocycles. The van der Waals surface area contributed by atoms with E-state index in [1.54, 1.807) is 31.2 Å². The van der Waals surface area contributed by atoms with Gasteiger partial charge in [-0.1, -0.05) is 39.7 Å². The van der Waals surface area contributed by atoms with E-state index < -0.39 is 11.6 Å². The van der Waals surface area contributed by atoms with Crippen molar-refractivity contribution in [1.82, 2.24) is 0 Å². The predicted molar refractivity (Wildman–Crippen MR) is 73.3 cm³/mol. The summed E-state index contributed by atoms with van der Waals surface area (Å²) in [5.74, 6) is -1.10. The first-order chi connectivity index (χ1) is 8.49. The van der Waals surface area contributed by atoms with Crippen LogP contribution in [0.5, 0.6) is 0 Å². The van der Waals surface area contributed by atoms with Crippen molar-refractivity contribution < 1.29 is 8.78 Å². The van der Waals surface area contributed by atoms with E-state index in [-0.39, 0.29) is 4.83 Å². The van der Waals surface area contributed by atoms with Gasteiger partial charge in [-0.25, -0.2) is 8.78 Å². The Hall–Kier alpha value is -0.930. The Balaban J connectivity index is 2.42. The molecule has 0 amide bonds. The highest BCUT2D eigenvalue weighted by Crippen LogP contribution is 2.34. The van der Waals surface area contributed by atoms with Gasteiger partial charge in [0.15, 0.2) is 0 Å². The minimum atomic E-state index is -0.560. The van der Waals surface area contributed by atoms with Gasteiger partial charge >= 0.3 is 0 Å². The van der Waals surface area contributed by atoms with Crippen LogP contribution in [0.1, 0.15) is 21.5 Å². The Morgan fingerprint density at radius 3 is 2.28 bits per heavy atom. The topological polar surface area (TPSA) is 0 Å². The summed E-state index contributed by atoms with van der Waals surface area (Å²) in [5.41, 5.74) is 1.70. The van der Waals surface area contributed by atoms with E-state index >= 15 is 0 Å². The summed E-state index contributed by atoms with van der Waals surface area (Å²) in [6, 6.07) is 9.51. The van der Waals surface area contributed by atoms with Crippen molar-refractivity contribution in [2.75, 3.05) is 0 Å². The Labute approximate surface area is 118 Å². The van der Waals surface area contributed by atoms with Crippen LogP contribution in [0.4, 0.5) is 8.78 Å². The quantitative estimate of drug-likeness (QED) is 0.645. The second-order valence-electron chi connectivity index (χ2n) is 4.04. The first kappa shape index (κ1) is 13.5. The van der Waals surface area contributed by atoms with E-state index in [0.29, 0.717) is 16.1 Å². The lowest BCUT2D eigenvalue weighted by Gasteiger charge is -2.13. The van der Waals surface area contributed by atoms with E-state index in [1.165, 1.54) is 6.07 Å². The minimum absolute atomic E-state index is 0.325. The fourth-order valence-electron chi connectivity index (χ4n) is 1.69. The molecule has 0 radical (unpaired) electrons. The molecule has 0 spiro atoms. The molecule has 1 atom stereocenters. The predicted octanol–water partition coefficient (Wildman–Crippen LogP) is 5.41. The standard InChI is InChI=1S/C14H10BrClF2/c1-8-6-11(13(18)7-12(8)17)14(15)9-2-4-10(16)5-3-9/h2-7,14H,1H3. The van der Waals surface area contributed by atoms with E-state index in [2.05, 4.69) is 15.9 Å². The number of aryl methyl sites for hydroxylation is 1. The van der Waals surface area contributed by atoms with Crippen molar-refractivity contribution in [2.45, 2.75) is 11.8 Å². The molecular formula is C14H10BrClF2. The normalized spacial score (nSPS) is 12.5. The van der Waals surface area contributed by atoms with Crippen molar-refractivity contribution in [2.24, 2.45) is 0 Å². The Morgan fingerprint density at radius 1 is 1.06 bits per heavy atom. The zero-order valence-corrected chi connectivity index (χ0v) is 11.9. The van der Waals surface area contributed by atoms with E-state index in [1.807, 2.05) is 0 Å². The first-order valence-electron chi connectivity index (χ1n) is 5.34. The first-order valence-corrected chi connectivity index (χ1v) is 6.63. The molecule has 1 unspecified atom stereocenters. The number of alkyl halides is 1. The van der Waals surface area contributed by atoms with Gasteiger partial charge in [-0.3, -0.25) is 0 Å². The van der Waals surface area contributed by atoms with Crippen LogP contribution >= 0.6 is 27.5 Å². The van der Waals surface area contributed by atoms with Crippen LogP contribution in [-0.2, 0) is 0 Å². The summed E-state index contributed by atoms with van der Waals surface area (Å²) in [4.78, 5) is -0.325. The van der Waals surface area contributed by atoms with Crippen molar-refractivity contribution in [3.05, 3.63) is 69.7 Å².